The molecule has 3 rings (SSSR count). The maximum absolute atomic E-state index is 12.7. The normalized spacial score (nSPS) is 14.1. The van der Waals surface area contributed by atoms with E-state index in [1.807, 2.05) is 29.2 Å². The van der Waals surface area contributed by atoms with Crippen LogP contribution < -0.4 is 9.64 Å². The lowest BCUT2D eigenvalue weighted by atomic mass is 10.1. The van der Waals surface area contributed by atoms with Crippen LogP contribution in [-0.4, -0.2) is 57.2 Å². The molecule has 6 heteroatoms. The van der Waals surface area contributed by atoms with Crippen LogP contribution in [-0.2, 0) is 4.74 Å². The highest BCUT2D eigenvalue weighted by Gasteiger charge is 2.22. The molecule has 0 atom stereocenters. The summed E-state index contributed by atoms with van der Waals surface area (Å²) >= 11 is 0. The lowest BCUT2D eigenvalue weighted by molar-refractivity contribution is 0.0599. The van der Waals surface area contributed by atoms with E-state index in [1.165, 1.54) is 7.11 Å². The Bertz CT molecular complexity index is 763. The molecule has 0 aliphatic carbocycles. The fourth-order valence-corrected chi connectivity index (χ4v) is 3.01. The van der Waals surface area contributed by atoms with Gasteiger partial charge in [-0.2, -0.15) is 0 Å². The average molecular weight is 354 g/mol. The molecule has 0 radical (unpaired) electrons. The lowest BCUT2D eigenvalue weighted by Crippen LogP contribution is -2.48. The topological polar surface area (TPSA) is 59.1 Å². The van der Waals surface area contributed by atoms with Gasteiger partial charge in [0.25, 0.3) is 5.91 Å². The molecule has 1 aliphatic heterocycles. The molecule has 0 bridgehead atoms. The van der Waals surface area contributed by atoms with Crippen LogP contribution in [0.1, 0.15) is 20.7 Å². The average Bonchev–Trinajstić information content (AvgIpc) is 2.73. The minimum Gasteiger partial charge on any atom is -0.497 e. The summed E-state index contributed by atoms with van der Waals surface area (Å²) in [6.45, 7) is 2.86. The number of rotatable bonds is 4. The molecule has 0 unspecified atom stereocenters. The Balaban J connectivity index is 1.60. The quantitative estimate of drug-likeness (QED) is 0.790. The van der Waals surface area contributed by atoms with Gasteiger partial charge in [-0.1, -0.05) is 0 Å². The van der Waals surface area contributed by atoms with Crippen LogP contribution in [0.4, 0.5) is 5.69 Å². The lowest BCUT2D eigenvalue weighted by Gasteiger charge is -2.36. The number of ether oxygens (including phenoxy) is 2. The molecule has 0 N–H and O–H groups in total. The predicted molar refractivity (Wildman–Crippen MR) is 98.9 cm³/mol. The number of piperazine rings is 1. The Morgan fingerprint density at radius 3 is 1.92 bits per heavy atom. The molecule has 2 aromatic carbocycles. The third-order valence-electron chi connectivity index (χ3n) is 4.56. The minimum absolute atomic E-state index is 0.0178. The van der Waals surface area contributed by atoms with Crippen molar-refractivity contribution in [2.75, 3.05) is 45.3 Å². The Morgan fingerprint density at radius 2 is 1.38 bits per heavy atom. The zero-order valence-corrected chi connectivity index (χ0v) is 15.0. The number of amides is 1. The van der Waals surface area contributed by atoms with Gasteiger partial charge in [0.2, 0.25) is 0 Å². The number of benzene rings is 2. The summed E-state index contributed by atoms with van der Waals surface area (Å²) in [5, 5.41) is 0. The number of anilines is 1. The number of esters is 1. The molecule has 2 aromatic rings. The number of nitrogens with zero attached hydrogens (tertiary/aromatic N) is 2. The van der Waals surface area contributed by atoms with Gasteiger partial charge in [-0.25, -0.2) is 4.79 Å². The summed E-state index contributed by atoms with van der Waals surface area (Å²) in [5.74, 6) is 0.408. The first-order valence-corrected chi connectivity index (χ1v) is 8.49. The summed E-state index contributed by atoms with van der Waals surface area (Å²) in [6, 6.07) is 14.5. The highest BCUT2D eigenvalue weighted by atomic mass is 16.5. The first-order chi connectivity index (χ1) is 12.6. The molecule has 1 aliphatic rings. The van der Waals surface area contributed by atoms with Gasteiger partial charge < -0.3 is 19.3 Å². The Labute approximate surface area is 152 Å². The van der Waals surface area contributed by atoms with Crippen molar-refractivity contribution < 1.29 is 19.1 Å². The first-order valence-electron chi connectivity index (χ1n) is 8.49. The van der Waals surface area contributed by atoms with Crippen molar-refractivity contribution in [2.45, 2.75) is 0 Å². The Kier molecular flexibility index (Phi) is 5.41. The van der Waals surface area contributed by atoms with E-state index in [0.717, 1.165) is 24.5 Å². The van der Waals surface area contributed by atoms with Gasteiger partial charge in [0.15, 0.2) is 0 Å². The van der Waals surface area contributed by atoms with Crippen LogP contribution in [0.25, 0.3) is 0 Å². The van der Waals surface area contributed by atoms with E-state index in [2.05, 4.69) is 9.64 Å². The van der Waals surface area contributed by atoms with Gasteiger partial charge in [0.1, 0.15) is 5.75 Å². The molecule has 1 amide bonds. The van der Waals surface area contributed by atoms with E-state index in [4.69, 9.17) is 4.74 Å². The van der Waals surface area contributed by atoms with Crippen LogP contribution in [0, 0.1) is 0 Å². The molecular formula is C20H22N2O4. The molecular weight excluding hydrogens is 332 g/mol. The number of carbonyl (C=O) groups excluding carboxylic acids is 2. The number of hydrogen-bond acceptors (Lipinski definition) is 5. The molecule has 0 aromatic heterocycles. The Hall–Kier alpha value is -3.02. The van der Waals surface area contributed by atoms with E-state index < -0.39 is 5.97 Å². The smallest absolute Gasteiger partial charge is 0.337 e. The molecule has 1 saturated heterocycles. The number of carbonyl (C=O) groups is 2. The summed E-state index contributed by atoms with van der Waals surface area (Å²) < 4.78 is 9.86. The van der Waals surface area contributed by atoms with E-state index in [-0.39, 0.29) is 5.91 Å². The van der Waals surface area contributed by atoms with Gasteiger partial charge in [0.05, 0.1) is 19.8 Å². The van der Waals surface area contributed by atoms with Crippen LogP contribution in [0.15, 0.2) is 48.5 Å². The van der Waals surface area contributed by atoms with E-state index >= 15 is 0 Å². The molecule has 1 heterocycles. The molecule has 136 valence electrons. The number of hydrogen-bond donors (Lipinski definition) is 0. The van der Waals surface area contributed by atoms with Gasteiger partial charge in [0, 0.05) is 37.4 Å². The van der Waals surface area contributed by atoms with Crippen molar-refractivity contribution in [3.8, 4) is 5.75 Å². The van der Waals surface area contributed by atoms with E-state index in [9.17, 15) is 9.59 Å². The van der Waals surface area contributed by atoms with Gasteiger partial charge in [-0.15, -0.1) is 0 Å². The van der Waals surface area contributed by atoms with Crippen LogP contribution in [0.5, 0.6) is 5.75 Å². The summed E-state index contributed by atoms with van der Waals surface area (Å²) in [4.78, 5) is 28.2. The number of methoxy groups -OCH3 is 2. The van der Waals surface area contributed by atoms with Gasteiger partial charge in [-0.3, -0.25) is 4.79 Å². The van der Waals surface area contributed by atoms with Crippen molar-refractivity contribution in [3.05, 3.63) is 59.7 Å². The highest BCUT2D eigenvalue weighted by molar-refractivity contribution is 5.96. The molecule has 0 saturated carbocycles. The first kappa shape index (κ1) is 17.8. The molecule has 6 nitrogen and oxygen atoms in total. The molecule has 0 spiro atoms. The second kappa shape index (κ2) is 7.91. The van der Waals surface area contributed by atoms with Crippen LogP contribution in [0.3, 0.4) is 0 Å². The second-order valence-electron chi connectivity index (χ2n) is 6.05. The van der Waals surface area contributed by atoms with Crippen molar-refractivity contribution in [3.63, 3.8) is 0 Å². The zero-order valence-electron chi connectivity index (χ0n) is 15.0. The largest absolute Gasteiger partial charge is 0.497 e. The van der Waals surface area contributed by atoms with Crippen molar-refractivity contribution in [1.29, 1.82) is 0 Å². The van der Waals surface area contributed by atoms with E-state index in [0.29, 0.717) is 24.2 Å². The maximum Gasteiger partial charge on any atom is 0.337 e. The van der Waals surface area contributed by atoms with Crippen molar-refractivity contribution in [2.24, 2.45) is 0 Å². The molecule has 26 heavy (non-hydrogen) atoms. The second-order valence-corrected chi connectivity index (χ2v) is 6.05. The predicted octanol–water partition coefficient (Wildman–Crippen LogP) is 2.44. The minimum atomic E-state index is -0.405. The van der Waals surface area contributed by atoms with Gasteiger partial charge >= 0.3 is 5.97 Å². The summed E-state index contributed by atoms with van der Waals surface area (Å²) in [7, 11) is 2.99. The fourth-order valence-electron chi connectivity index (χ4n) is 3.01. The highest BCUT2D eigenvalue weighted by Crippen LogP contribution is 2.21. The SMILES string of the molecule is COC(=O)c1ccc(C(=O)N2CCN(c3ccc(OC)cc3)CC2)cc1. The Morgan fingerprint density at radius 1 is 0.808 bits per heavy atom. The fraction of sp³-hybridized carbons (Fsp3) is 0.300. The third kappa shape index (κ3) is 3.79. The van der Waals surface area contributed by atoms with Crippen LogP contribution >= 0.6 is 0 Å². The standard InChI is InChI=1S/C20H22N2O4/c1-25-18-9-7-17(8-10-18)21-11-13-22(14-12-21)19(23)15-3-5-16(6-4-15)20(24)26-2/h3-10H,11-14H2,1-2H3. The third-order valence-corrected chi connectivity index (χ3v) is 4.56. The maximum atomic E-state index is 12.7. The molecule has 1 fully saturated rings. The zero-order chi connectivity index (χ0) is 18.5. The van der Waals surface area contributed by atoms with E-state index in [1.54, 1.807) is 31.4 Å². The summed E-state index contributed by atoms with van der Waals surface area (Å²) in [6.07, 6.45) is 0. The van der Waals surface area contributed by atoms with Gasteiger partial charge in [-0.05, 0) is 48.5 Å². The van der Waals surface area contributed by atoms with Crippen molar-refractivity contribution in [1.82, 2.24) is 4.90 Å². The summed E-state index contributed by atoms with van der Waals surface area (Å²) in [5.41, 5.74) is 2.14. The monoisotopic (exact) mass is 354 g/mol. The van der Waals surface area contributed by atoms with Crippen LogP contribution in [0.2, 0.25) is 0 Å². The van der Waals surface area contributed by atoms with Crippen molar-refractivity contribution >= 4 is 17.6 Å².